The Bertz CT molecular complexity index is 917. The minimum Gasteiger partial charge on any atom is -0.343 e. The molecule has 0 aliphatic heterocycles. The number of para-hydroxylation sites is 1. The molecule has 3 heteroatoms. The highest BCUT2D eigenvalue weighted by Gasteiger charge is 2.08. The summed E-state index contributed by atoms with van der Waals surface area (Å²) in [5, 5.41) is 4.88. The third-order valence-corrected chi connectivity index (χ3v) is 5.01. The van der Waals surface area contributed by atoms with E-state index in [1.807, 2.05) is 11.3 Å². The van der Waals surface area contributed by atoms with Gasteiger partial charge in [0.2, 0.25) is 0 Å². The van der Waals surface area contributed by atoms with E-state index >= 15 is 0 Å². The monoisotopic (exact) mass is 292 g/mol. The average Bonchev–Trinajstić information content (AvgIpc) is 3.13. The van der Waals surface area contributed by atoms with Gasteiger partial charge in [0.25, 0.3) is 0 Å². The van der Waals surface area contributed by atoms with Crippen LogP contribution in [0.5, 0.6) is 0 Å². The van der Waals surface area contributed by atoms with E-state index < -0.39 is 0 Å². The van der Waals surface area contributed by atoms with Crippen LogP contribution >= 0.6 is 11.3 Å². The lowest BCUT2D eigenvalue weighted by Gasteiger charge is -2.08. The van der Waals surface area contributed by atoms with Gasteiger partial charge in [-0.2, -0.15) is 0 Å². The van der Waals surface area contributed by atoms with E-state index in [1.54, 1.807) is 0 Å². The Morgan fingerprint density at radius 3 is 2.76 bits per heavy atom. The molecule has 0 fully saturated rings. The quantitative estimate of drug-likeness (QED) is 0.597. The van der Waals surface area contributed by atoms with Crippen LogP contribution in [0.25, 0.3) is 21.0 Å². The summed E-state index contributed by atoms with van der Waals surface area (Å²) in [6.07, 6.45) is 2.16. The lowest BCUT2D eigenvalue weighted by molar-refractivity contribution is 0.838. The van der Waals surface area contributed by atoms with Crippen LogP contribution in [0.1, 0.15) is 11.1 Å². The first-order valence-corrected chi connectivity index (χ1v) is 7.96. The Morgan fingerprint density at radius 2 is 1.86 bits per heavy atom. The molecular formula is C18H16N2S. The third kappa shape index (κ3) is 2.06. The van der Waals surface area contributed by atoms with Crippen LogP contribution in [0.3, 0.4) is 0 Å². The molecule has 21 heavy (non-hydrogen) atoms. The summed E-state index contributed by atoms with van der Waals surface area (Å²) < 4.78 is 3.66. The van der Waals surface area contributed by atoms with E-state index in [4.69, 9.17) is 5.73 Å². The maximum atomic E-state index is 5.90. The molecule has 2 aromatic carbocycles. The summed E-state index contributed by atoms with van der Waals surface area (Å²) in [6, 6.07) is 17.1. The lowest BCUT2D eigenvalue weighted by Crippen LogP contribution is -2.03. The zero-order valence-electron chi connectivity index (χ0n) is 11.6. The number of fused-ring (bicyclic) bond motifs is 2. The van der Waals surface area contributed by atoms with Gasteiger partial charge < -0.3 is 10.3 Å². The zero-order chi connectivity index (χ0) is 14.2. The fraction of sp³-hybridized carbons (Fsp3) is 0.111. The van der Waals surface area contributed by atoms with Crippen LogP contribution in [0.4, 0.5) is 0 Å². The van der Waals surface area contributed by atoms with Gasteiger partial charge >= 0.3 is 0 Å². The Morgan fingerprint density at radius 1 is 0.952 bits per heavy atom. The molecule has 2 N–H and O–H groups in total. The fourth-order valence-corrected chi connectivity index (χ4v) is 3.93. The maximum absolute atomic E-state index is 5.90. The van der Waals surface area contributed by atoms with Crippen LogP contribution in [-0.4, -0.2) is 4.57 Å². The molecule has 2 aromatic heterocycles. The average molecular weight is 292 g/mol. The van der Waals surface area contributed by atoms with Crippen molar-refractivity contribution in [2.24, 2.45) is 5.73 Å². The van der Waals surface area contributed by atoms with Crippen molar-refractivity contribution >= 4 is 32.3 Å². The zero-order valence-corrected chi connectivity index (χ0v) is 12.4. The topological polar surface area (TPSA) is 30.9 Å². The number of hydrogen-bond acceptors (Lipinski definition) is 2. The van der Waals surface area contributed by atoms with Gasteiger partial charge in [0, 0.05) is 24.0 Å². The van der Waals surface area contributed by atoms with Crippen molar-refractivity contribution in [1.82, 2.24) is 4.57 Å². The number of thiophene rings is 1. The molecule has 0 bridgehead atoms. The molecule has 4 aromatic rings. The largest absolute Gasteiger partial charge is 0.343 e. The highest BCUT2D eigenvalue weighted by atomic mass is 32.1. The van der Waals surface area contributed by atoms with Gasteiger partial charge in [0.1, 0.15) is 0 Å². The van der Waals surface area contributed by atoms with Gasteiger partial charge in [-0.3, -0.25) is 0 Å². The van der Waals surface area contributed by atoms with Crippen molar-refractivity contribution < 1.29 is 0 Å². The van der Waals surface area contributed by atoms with E-state index in [2.05, 4.69) is 64.7 Å². The Hall–Kier alpha value is -2.10. The van der Waals surface area contributed by atoms with Crippen molar-refractivity contribution in [2.45, 2.75) is 13.1 Å². The second-order valence-electron chi connectivity index (χ2n) is 5.26. The summed E-state index contributed by atoms with van der Waals surface area (Å²) >= 11 is 1.81. The summed E-state index contributed by atoms with van der Waals surface area (Å²) in [4.78, 5) is 0. The van der Waals surface area contributed by atoms with Crippen LogP contribution in [0.15, 0.2) is 60.1 Å². The van der Waals surface area contributed by atoms with E-state index in [1.165, 1.54) is 32.1 Å². The van der Waals surface area contributed by atoms with Crippen molar-refractivity contribution in [3.63, 3.8) is 0 Å². The molecule has 0 unspecified atom stereocenters. The molecule has 0 aliphatic rings. The maximum Gasteiger partial charge on any atom is 0.0528 e. The van der Waals surface area contributed by atoms with Gasteiger partial charge in [-0.25, -0.2) is 0 Å². The predicted octanol–water partition coefficient (Wildman–Crippen LogP) is 4.36. The minimum atomic E-state index is 0.575. The van der Waals surface area contributed by atoms with Crippen molar-refractivity contribution in [3.8, 4) is 0 Å². The normalized spacial score (nSPS) is 11.5. The molecule has 2 nitrogen and oxygen atoms in total. The Labute approximate surface area is 127 Å². The standard InChI is InChI=1S/C18H16N2S/c19-10-14-5-3-4-13-8-9-20(18(13)14)11-15-12-21-17-7-2-1-6-16(15)17/h1-9,12H,10-11,19H2. The highest BCUT2D eigenvalue weighted by Crippen LogP contribution is 2.28. The molecule has 0 saturated carbocycles. The van der Waals surface area contributed by atoms with Gasteiger partial charge in [-0.15, -0.1) is 11.3 Å². The third-order valence-electron chi connectivity index (χ3n) is 3.99. The molecule has 0 aliphatic carbocycles. The molecular weight excluding hydrogens is 276 g/mol. The number of nitrogens with two attached hydrogens (primary N) is 1. The van der Waals surface area contributed by atoms with Gasteiger partial charge in [0.05, 0.1) is 5.52 Å². The van der Waals surface area contributed by atoms with Crippen LogP contribution in [-0.2, 0) is 13.1 Å². The predicted molar refractivity (Wildman–Crippen MR) is 90.8 cm³/mol. The Balaban J connectivity index is 1.84. The molecule has 4 rings (SSSR count). The number of nitrogens with zero attached hydrogens (tertiary/aromatic N) is 1. The number of hydrogen-bond donors (Lipinski definition) is 1. The van der Waals surface area contributed by atoms with E-state index in [-0.39, 0.29) is 0 Å². The summed E-state index contributed by atoms with van der Waals surface area (Å²) in [5.41, 5.74) is 9.74. The van der Waals surface area contributed by atoms with Gasteiger partial charge in [-0.1, -0.05) is 36.4 Å². The van der Waals surface area contributed by atoms with E-state index in [0.717, 1.165) is 6.54 Å². The Kier molecular flexibility index (Phi) is 3.02. The fourth-order valence-electron chi connectivity index (χ4n) is 2.98. The second-order valence-corrected chi connectivity index (χ2v) is 6.17. The van der Waals surface area contributed by atoms with E-state index in [0.29, 0.717) is 6.54 Å². The summed E-state index contributed by atoms with van der Waals surface area (Å²) in [7, 11) is 0. The summed E-state index contributed by atoms with van der Waals surface area (Å²) in [5.74, 6) is 0. The highest BCUT2D eigenvalue weighted by molar-refractivity contribution is 7.17. The van der Waals surface area contributed by atoms with Gasteiger partial charge in [0.15, 0.2) is 0 Å². The first-order valence-electron chi connectivity index (χ1n) is 7.09. The van der Waals surface area contributed by atoms with Crippen LogP contribution < -0.4 is 5.73 Å². The molecule has 0 radical (unpaired) electrons. The molecule has 0 atom stereocenters. The smallest absolute Gasteiger partial charge is 0.0528 e. The second kappa shape index (κ2) is 5.02. The van der Waals surface area contributed by atoms with Crippen molar-refractivity contribution in [1.29, 1.82) is 0 Å². The molecule has 0 spiro atoms. The first-order chi connectivity index (χ1) is 10.4. The molecule has 0 amide bonds. The number of benzene rings is 2. The molecule has 104 valence electrons. The minimum absolute atomic E-state index is 0.575. The van der Waals surface area contributed by atoms with Gasteiger partial charge in [-0.05, 0) is 39.4 Å². The SMILES string of the molecule is NCc1cccc2ccn(Cc3csc4ccccc34)c12. The molecule has 0 saturated heterocycles. The molecule has 2 heterocycles. The van der Waals surface area contributed by atoms with Crippen molar-refractivity contribution in [2.75, 3.05) is 0 Å². The van der Waals surface area contributed by atoms with Crippen LogP contribution in [0, 0.1) is 0 Å². The van der Waals surface area contributed by atoms with E-state index in [9.17, 15) is 0 Å². The van der Waals surface area contributed by atoms with Crippen LogP contribution in [0.2, 0.25) is 0 Å². The lowest BCUT2D eigenvalue weighted by atomic mass is 10.1. The summed E-state index contributed by atoms with van der Waals surface area (Å²) in [6.45, 7) is 1.47. The number of aromatic nitrogens is 1. The number of rotatable bonds is 3. The first kappa shape index (κ1) is 12.6. The van der Waals surface area contributed by atoms with Crippen molar-refractivity contribution in [3.05, 3.63) is 71.2 Å².